The monoisotopic (exact) mass is 709 g/mol. The van der Waals surface area contributed by atoms with Crippen molar-refractivity contribution in [2.75, 3.05) is 78.5 Å². The van der Waals surface area contributed by atoms with Gasteiger partial charge in [-0.25, -0.2) is 17.6 Å². The van der Waals surface area contributed by atoms with Crippen LogP contribution in [0.3, 0.4) is 0 Å². The maximum Gasteiger partial charge on any atom is 0.407 e. The number of ether oxygens (including phenoxy) is 1. The van der Waals surface area contributed by atoms with E-state index in [2.05, 4.69) is 46.8 Å². The third-order valence-electron chi connectivity index (χ3n) is 11.7. The zero-order chi connectivity index (χ0) is 35.6. The lowest BCUT2D eigenvalue weighted by molar-refractivity contribution is -0.129. The van der Waals surface area contributed by atoms with Gasteiger partial charge in [0, 0.05) is 62.3 Å². The van der Waals surface area contributed by atoms with E-state index >= 15 is 0 Å². The molecule has 1 saturated carbocycles. The quantitative estimate of drug-likeness (QED) is 0.328. The van der Waals surface area contributed by atoms with Gasteiger partial charge in [-0.05, 0) is 113 Å². The highest BCUT2D eigenvalue weighted by atomic mass is 32.2. The minimum absolute atomic E-state index is 0.0320. The first-order valence-corrected chi connectivity index (χ1v) is 19.5. The Morgan fingerprint density at radius 3 is 2.36 bits per heavy atom. The first kappa shape index (κ1) is 36.3. The molecule has 50 heavy (non-hydrogen) atoms. The van der Waals surface area contributed by atoms with Gasteiger partial charge in [0.25, 0.3) is 0 Å². The number of amides is 2. The number of methoxy groups -OCH3 is 1. The first-order chi connectivity index (χ1) is 23.9. The molecule has 2 amide bonds. The number of rotatable bonds is 12. The average Bonchev–Trinajstić information content (AvgIpc) is 3.52. The molecule has 0 aromatic heterocycles. The van der Waals surface area contributed by atoms with Crippen molar-refractivity contribution in [3.05, 3.63) is 72.6 Å². The number of alkyl carbamates (subject to hydrolysis) is 1. The summed E-state index contributed by atoms with van der Waals surface area (Å²) in [4.78, 5) is 33.0. The number of hydrogen-bond acceptors (Lipinski definition) is 8. The Bertz CT molecular complexity index is 1630. The van der Waals surface area contributed by atoms with Crippen molar-refractivity contribution in [2.45, 2.75) is 53.7 Å². The minimum Gasteiger partial charge on any atom is -0.453 e. The van der Waals surface area contributed by atoms with Crippen LogP contribution in [0.25, 0.3) is 0 Å². The highest BCUT2D eigenvalue weighted by molar-refractivity contribution is 7.92. The molecule has 3 heterocycles. The molecule has 6 rings (SSSR count). The van der Waals surface area contributed by atoms with Crippen molar-refractivity contribution in [1.29, 1.82) is 0 Å². The van der Waals surface area contributed by atoms with Crippen molar-refractivity contribution in [2.24, 2.45) is 17.8 Å². The Labute approximate surface area is 296 Å². The third kappa shape index (κ3) is 7.29. The molecule has 4 aliphatic rings. The number of benzene rings is 2. The smallest absolute Gasteiger partial charge is 0.407 e. The summed E-state index contributed by atoms with van der Waals surface area (Å²) in [7, 11) is 2.09. The molecule has 3 saturated heterocycles. The van der Waals surface area contributed by atoms with Gasteiger partial charge in [0.1, 0.15) is 11.1 Å². The molecule has 0 radical (unpaired) electrons. The SMILES string of the molecule is C=CC(=O)N1CC(S(=O)(=O)c2ccc(N3CC(CN4CCC(C(CN(C)C)(c5cccc(F)c5)[C@H]5CCC[C@@H]5NC(=O)OC)CC4)C3)cc2)C1. The third-order valence-corrected chi connectivity index (χ3v) is 13.8. The molecule has 1 unspecified atom stereocenters. The van der Waals surface area contributed by atoms with E-state index in [9.17, 15) is 22.4 Å². The largest absolute Gasteiger partial charge is 0.453 e. The Morgan fingerprint density at radius 1 is 1.04 bits per heavy atom. The molecule has 0 bridgehead atoms. The van der Waals surface area contributed by atoms with Crippen molar-refractivity contribution in [1.82, 2.24) is 20.0 Å². The first-order valence-electron chi connectivity index (χ1n) is 17.9. The fraction of sp³-hybridized carbons (Fsp3) is 0.579. The number of likely N-dealkylation sites (N-methyl/N-ethyl adjacent to an activating group) is 1. The molecule has 12 heteroatoms. The topological polar surface area (TPSA) is 103 Å². The molecule has 4 fully saturated rings. The van der Waals surface area contributed by atoms with Crippen LogP contribution in [0.2, 0.25) is 0 Å². The van der Waals surface area contributed by atoms with E-state index in [0.717, 1.165) is 82.6 Å². The van der Waals surface area contributed by atoms with Crippen LogP contribution >= 0.6 is 0 Å². The summed E-state index contributed by atoms with van der Waals surface area (Å²) in [6.07, 6.45) is 5.67. The lowest BCUT2D eigenvalue weighted by Crippen LogP contribution is -2.58. The predicted octanol–water partition coefficient (Wildman–Crippen LogP) is 4.17. The molecule has 1 N–H and O–H groups in total. The van der Waals surface area contributed by atoms with Gasteiger partial charge in [-0.15, -0.1) is 0 Å². The summed E-state index contributed by atoms with van der Waals surface area (Å²) in [5, 5.41) is 2.57. The second-order valence-electron chi connectivity index (χ2n) is 15.0. The Balaban J connectivity index is 1.07. The van der Waals surface area contributed by atoms with E-state index in [1.165, 1.54) is 24.2 Å². The molecule has 2 aromatic carbocycles. The Kier molecular flexibility index (Phi) is 10.9. The van der Waals surface area contributed by atoms with Gasteiger partial charge in [0.2, 0.25) is 5.91 Å². The van der Waals surface area contributed by atoms with Gasteiger partial charge in [0.05, 0.1) is 12.0 Å². The minimum atomic E-state index is -3.49. The second kappa shape index (κ2) is 15.0. The molecule has 3 atom stereocenters. The lowest BCUT2D eigenvalue weighted by atomic mass is 9.58. The number of carbonyl (C=O) groups is 2. The number of anilines is 1. The molecule has 0 spiro atoms. The maximum atomic E-state index is 14.9. The Hall–Kier alpha value is -3.48. The van der Waals surface area contributed by atoms with Crippen LogP contribution < -0.4 is 10.2 Å². The van der Waals surface area contributed by atoms with Crippen LogP contribution in [0, 0.1) is 23.6 Å². The van der Waals surface area contributed by atoms with Gasteiger partial charge in [0.15, 0.2) is 9.84 Å². The van der Waals surface area contributed by atoms with E-state index in [0.29, 0.717) is 16.7 Å². The zero-order valence-corrected chi connectivity index (χ0v) is 30.4. The molecular formula is C38H52FN5O5S. The molecule has 10 nitrogen and oxygen atoms in total. The number of sulfone groups is 1. The zero-order valence-electron chi connectivity index (χ0n) is 29.6. The van der Waals surface area contributed by atoms with Crippen LogP contribution in [0.4, 0.5) is 14.9 Å². The second-order valence-corrected chi connectivity index (χ2v) is 17.3. The fourth-order valence-electron chi connectivity index (χ4n) is 9.23. The van der Waals surface area contributed by atoms with Gasteiger partial charge in [-0.1, -0.05) is 25.1 Å². The normalized spacial score (nSPS) is 23.6. The highest BCUT2D eigenvalue weighted by Crippen LogP contribution is 2.51. The molecule has 3 aliphatic heterocycles. The number of nitrogens with zero attached hydrogens (tertiary/aromatic N) is 4. The number of piperidine rings is 1. The Morgan fingerprint density at radius 2 is 1.74 bits per heavy atom. The fourth-order valence-corrected chi connectivity index (χ4v) is 10.9. The van der Waals surface area contributed by atoms with Crippen LogP contribution in [-0.2, 0) is 24.8 Å². The van der Waals surface area contributed by atoms with Crippen LogP contribution in [0.1, 0.15) is 37.7 Å². The van der Waals surface area contributed by atoms with Crippen molar-refractivity contribution in [3.8, 4) is 0 Å². The molecule has 2 aromatic rings. The summed E-state index contributed by atoms with van der Waals surface area (Å²) >= 11 is 0. The lowest BCUT2D eigenvalue weighted by Gasteiger charge is -2.52. The van der Waals surface area contributed by atoms with Gasteiger partial charge >= 0.3 is 6.09 Å². The van der Waals surface area contributed by atoms with E-state index in [1.54, 1.807) is 18.2 Å². The number of hydrogen-bond donors (Lipinski definition) is 1. The number of nitrogens with one attached hydrogen (secondary N) is 1. The van der Waals surface area contributed by atoms with Crippen molar-refractivity contribution >= 4 is 27.5 Å². The predicted molar refractivity (Wildman–Crippen MR) is 192 cm³/mol. The number of halogens is 1. The summed E-state index contributed by atoms with van der Waals surface area (Å²) in [5.74, 6) is 0.546. The number of likely N-dealkylation sites (tertiary alicyclic amines) is 2. The summed E-state index contributed by atoms with van der Waals surface area (Å²) in [6.45, 7) is 9.44. The summed E-state index contributed by atoms with van der Waals surface area (Å²) in [5.41, 5.74) is 1.72. The van der Waals surface area contributed by atoms with Gasteiger partial charge in [-0.3, -0.25) is 4.79 Å². The van der Waals surface area contributed by atoms with E-state index in [1.807, 2.05) is 18.2 Å². The van der Waals surface area contributed by atoms with E-state index in [4.69, 9.17) is 4.74 Å². The van der Waals surface area contributed by atoms with Crippen LogP contribution in [-0.4, -0.2) is 120 Å². The molecule has 272 valence electrons. The van der Waals surface area contributed by atoms with Crippen LogP contribution in [0.5, 0.6) is 0 Å². The highest BCUT2D eigenvalue weighted by Gasteiger charge is 2.52. The molecular weight excluding hydrogens is 658 g/mol. The standard InChI is InChI=1S/C38H52FN5O5S/c1-5-36(45)44-24-33(25-44)50(47,48)32-14-12-31(13-15-32)43-22-27(23-43)21-42-18-16-28(17-19-42)38(26-41(2)3,29-8-6-9-30(39)20-29)34-10-7-11-35(34)40-37(46)49-4/h5-6,8-9,12-15,20,27-28,33-35H,1,7,10-11,16-19,21-26H2,2-4H3,(H,40,46)/t34-,35-,38?/m0/s1. The number of carbonyl (C=O) groups excluding carboxylic acids is 2. The molecule has 1 aliphatic carbocycles. The maximum absolute atomic E-state index is 14.9. The average molecular weight is 710 g/mol. The van der Waals surface area contributed by atoms with Crippen molar-refractivity contribution in [3.63, 3.8) is 0 Å². The summed E-state index contributed by atoms with van der Waals surface area (Å²) in [6, 6.07) is 14.3. The summed E-state index contributed by atoms with van der Waals surface area (Å²) < 4.78 is 46.0. The van der Waals surface area contributed by atoms with E-state index < -0.39 is 21.2 Å². The van der Waals surface area contributed by atoms with Gasteiger partial charge < -0.3 is 29.7 Å². The van der Waals surface area contributed by atoms with E-state index in [-0.39, 0.29) is 42.2 Å². The van der Waals surface area contributed by atoms with Crippen LogP contribution in [0.15, 0.2) is 66.1 Å². The van der Waals surface area contributed by atoms with Crippen molar-refractivity contribution < 1.29 is 27.1 Å². The van der Waals surface area contributed by atoms with Gasteiger partial charge in [-0.2, -0.15) is 0 Å².